The van der Waals surface area contributed by atoms with Gasteiger partial charge in [0.15, 0.2) is 0 Å². The van der Waals surface area contributed by atoms with Gasteiger partial charge in [-0.2, -0.15) is 0 Å². The molecule has 1 saturated heterocycles. The van der Waals surface area contributed by atoms with Crippen LogP contribution in [0.3, 0.4) is 0 Å². The van der Waals surface area contributed by atoms with E-state index in [0.717, 1.165) is 30.4 Å². The number of carbonyl (C=O) groups is 3. The number of carbonyl (C=O) groups excluding carboxylic acids is 3. The average Bonchev–Trinajstić information content (AvgIpc) is 3.37. The minimum Gasteiger partial charge on any atom is -0.367 e. The van der Waals surface area contributed by atoms with Crippen molar-refractivity contribution in [3.05, 3.63) is 65.7 Å². The number of halogens is 1. The van der Waals surface area contributed by atoms with Crippen LogP contribution in [0.2, 0.25) is 0 Å². The lowest BCUT2D eigenvalue weighted by atomic mass is 10.1. The number of unbranched alkanes of at least 4 members (excludes halogenated alkanes) is 2. The first-order valence-corrected chi connectivity index (χ1v) is 12.1. The number of nitrogens with zero attached hydrogens (tertiary/aromatic N) is 2. The number of aromatic nitrogens is 1. The lowest BCUT2D eigenvalue weighted by Gasteiger charge is -2.24. The molecule has 1 unspecified atom stereocenters. The molecule has 0 aliphatic carbocycles. The number of likely N-dealkylation sites (tertiary alicyclic amines) is 1. The van der Waals surface area contributed by atoms with Crippen LogP contribution in [0.15, 0.2) is 48.8 Å². The van der Waals surface area contributed by atoms with Crippen molar-refractivity contribution in [1.82, 2.24) is 20.5 Å². The molecule has 0 radical (unpaired) electrons. The molecular weight excluding hydrogens is 451 g/mol. The van der Waals surface area contributed by atoms with Crippen LogP contribution >= 0.6 is 0 Å². The third-order valence-electron chi connectivity index (χ3n) is 5.87. The number of rotatable bonds is 13. The maximum absolute atomic E-state index is 12.9. The molecule has 3 rings (SSSR count). The minimum absolute atomic E-state index is 0.00209. The van der Waals surface area contributed by atoms with Crippen LogP contribution in [0.5, 0.6) is 0 Å². The number of ether oxygens (including phenoxy) is 1. The Kier molecular flexibility index (Phi) is 10.6. The summed E-state index contributed by atoms with van der Waals surface area (Å²) in [7, 11) is 0. The first kappa shape index (κ1) is 26.3. The van der Waals surface area contributed by atoms with Crippen molar-refractivity contribution in [3.63, 3.8) is 0 Å². The largest absolute Gasteiger partial charge is 0.367 e. The molecule has 0 spiro atoms. The van der Waals surface area contributed by atoms with E-state index in [1.807, 2.05) is 12.1 Å². The monoisotopic (exact) mass is 484 g/mol. The van der Waals surface area contributed by atoms with Crippen molar-refractivity contribution in [2.45, 2.75) is 57.7 Å². The lowest BCUT2D eigenvalue weighted by molar-refractivity contribution is -0.138. The average molecular weight is 485 g/mol. The smallest absolute Gasteiger partial charge is 0.246 e. The van der Waals surface area contributed by atoms with Crippen LogP contribution in [0.25, 0.3) is 0 Å². The predicted octanol–water partition coefficient (Wildman–Crippen LogP) is 2.72. The maximum Gasteiger partial charge on any atom is 0.246 e. The quantitative estimate of drug-likeness (QED) is 0.426. The van der Waals surface area contributed by atoms with Crippen molar-refractivity contribution in [2.75, 3.05) is 19.7 Å². The Morgan fingerprint density at radius 2 is 1.89 bits per heavy atom. The van der Waals surface area contributed by atoms with Crippen LogP contribution in [-0.2, 0) is 32.3 Å². The van der Waals surface area contributed by atoms with Crippen LogP contribution in [0.4, 0.5) is 4.39 Å². The highest BCUT2D eigenvalue weighted by Crippen LogP contribution is 2.19. The molecule has 1 atom stereocenters. The van der Waals surface area contributed by atoms with Gasteiger partial charge in [-0.3, -0.25) is 19.4 Å². The first-order chi connectivity index (χ1) is 17.0. The molecule has 2 N–H and O–H groups in total. The van der Waals surface area contributed by atoms with E-state index >= 15 is 0 Å². The fourth-order valence-corrected chi connectivity index (χ4v) is 3.99. The standard InChI is InChI=1S/C26H33FN4O4/c27-22-11-9-20(10-12-22)18-35-19-24(32)29-14-3-1-2-8-25(33)31-15-5-7-23(31)26(34)30-17-21-6-4-13-28-16-21/h4,6,9-13,16,23H,1-3,5,7-8,14-15,17-19H2,(H,29,32)(H,30,34). The lowest BCUT2D eigenvalue weighted by Crippen LogP contribution is -2.45. The van der Waals surface area contributed by atoms with Crippen molar-refractivity contribution >= 4 is 17.7 Å². The molecule has 1 aliphatic heterocycles. The molecule has 1 aromatic heterocycles. The summed E-state index contributed by atoms with van der Waals surface area (Å²) >= 11 is 0. The van der Waals surface area contributed by atoms with Crippen LogP contribution in [-0.4, -0.2) is 53.3 Å². The summed E-state index contributed by atoms with van der Waals surface area (Å²) in [6, 6.07) is 9.25. The van der Waals surface area contributed by atoms with Gasteiger partial charge in [0.2, 0.25) is 17.7 Å². The van der Waals surface area contributed by atoms with Gasteiger partial charge in [-0.25, -0.2) is 4.39 Å². The van der Waals surface area contributed by atoms with Crippen LogP contribution in [0, 0.1) is 5.82 Å². The molecule has 1 aromatic carbocycles. The van der Waals surface area contributed by atoms with Crippen molar-refractivity contribution in [2.24, 2.45) is 0 Å². The Labute approximate surface area is 205 Å². The summed E-state index contributed by atoms with van der Waals surface area (Å²) in [6.45, 7) is 1.70. The van der Waals surface area contributed by atoms with E-state index in [1.165, 1.54) is 12.1 Å². The Hall–Kier alpha value is -3.33. The molecule has 2 heterocycles. The SMILES string of the molecule is O=C(COCc1ccc(F)cc1)NCCCCCC(=O)N1CCCC1C(=O)NCc1cccnc1. The molecule has 188 valence electrons. The normalized spacial score (nSPS) is 15.1. The molecule has 9 heteroatoms. The molecule has 0 saturated carbocycles. The Morgan fingerprint density at radius 3 is 2.66 bits per heavy atom. The molecule has 2 aromatic rings. The second-order valence-electron chi connectivity index (χ2n) is 8.60. The van der Waals surface area contributed by atoms with Crippen molar-refractivity contribution in [1.29, 1.82) is 0 Å². The Balaban J connectivity index is 1.24. The number of nitrogens with one attached hydrogen (secondary N) is 2. The zero-order valence-corrected chi connectivity index (χ0v) is 19.9. The van der Waals surface area contributed by atoms with E-state index in [1.54, 1.807) is 29.4 Å². The molecule has 35 heavy (non-hydrogen) atoms. The summed E-state index contributed by atoms with van der Waals surface area (Å²) < 4.78 is 18.2. The van der Waals surface area contributed by atoms with Crippen molar-refractivity contribution in [3.8, 4) is 0 Å². The van der Waals surface area contributed by atoms with E-state index in [-0.39, 0.29) is 36.8 Å². The maximum atomic E-state index is 12.9. The van der Waals surface area contributed by atoms with Gasteiger partial charge < -0.3 is 20.3 Å². The molecule has 0 bridgehead atoms. The second kappa shape index (κ2) is 14.2. The first-order valence-electron chi connectivity index (χ1n) is 12.1. The highest BCUT2D eigenvalue weighted by molar-refractivity contribution is 5.88. The number of amides is 3. The van der Waals surface area contributed by atoms with Gasteiger partial charge in [-0.1, -0.05) is 24.6 Å². The predicted molar refractivity (Wildman–Crippen MR) is 128 cm³/mol. The van der Waals surface area contributed by atoms with E-state index in [4.69, 9.17) is 4.74 Å². The fraction of sp³-hybridized carbons (Fsp3) is 0.462. The summed E-state index contributed by atoms with van der Waals surface area (Å²) in [4.78, 5) is 42.8. The fourth-order valence-electron chi connectivity index (χ4n) is 3.99. The highest BCUT2D eigenvalue weighted by Gasteiger charge is 2.33. The number of hydrogen-bond donors (Lipinski definition) is 2. The highest BCUT2D eigenvalue weighted by atomic mass is 19.1. The molecular formula is C26H33FN4O4. The van der Waals surface area contributed by atoms with Gasteiger partial charge in [0.1, 0.15) is 18.5 Å². The van der Waals surface area contributed by atoms with Gasteiger partial charge >= 0.3 is 0 Å². The second-order valence-corrected chi connectivity index (χ2v) is 8.60. The topological polar surface area (TPSA) is 101 Å². The number of benzene rings is 1. The van der Waals surface area contributed by atoms with Gasteiger partial charge in [-0.15, -0.1) is 0 Å². The van der Waals surface area contributed by atoms with Crippen LogP contribution in [0.1, 0.15) is 49.7 Å². The number of pyridine rings is 1. The van der Waals surface area contributed by atoms with Crippen molar-refractivity contribution < 1.29 is 23.5 Å². The van der Waals surface area contributed by atoms with E-state index in [9.17, 15) is 18.8 Å². The Morgan fingerprint density at radius 1 is 1.06 bits per heavy atom. The van der Waals surface area contributed by atoms with Gasteiger partial charge in [0, 0.05) is 38.4 Å². The van der Waals surface area contributed by atoms with E-state index in [0.29, 0.717) is 38.9 Å². The van der Waals surface area contributed by atoms with Gasteiger partial charge in [-0.05, 0) is 55.0 Å². The van der Waals surface area contributed by atoms with Gasteiger partial charge in [0.25, 0.3) is 0 Å². The molecule has 8 nitrogen and oxygen atoms in total. The zero-order chi connectivity index (χ0) is 24.9. The van der Waals surface area contributed by atoms with Crippen LogP contribution < -0.4 is 10.6 Å². The summed E-state index contributed by atoms with van der Waals surface area (Å²) in [5.74, 6) is -0.637. The third kappa shape index (κ3) is 9.09. The Bertz CT molecular complexity index is 956. The van der Waals surface area contributed by atoms with Gasteiger partial charge in [0.05, 0.1) is 6.61 Å². The minimum atomic E-state index is -0.409. The van der Waals surface area contributed by atoms with E-state index in [2.05, 4.69) is 15.6 Å². The zero-order valence-electron chi connectivity index (χ0n) is 19.9. The third-order valence-corrected chi connectivity index (χ3v) is 5.87. The molecule has 1 fully saturated rings. The summed E-state index contributed by atoms with van der Waals surface area (Å²) in [6.07, 6.45) is 7.55. The van der Waals surface area contributed by atoms with E-state index < -0.39 is 6.04 Å². The summed E-state index contributed by atoms with van der Waals surface area (Å²) in [5.41, 5.74) is 1.72. The molecule has 3 amide bonds. The molecule has 1 aliphatic rings. The summed E-state index contributed by atoms with van der Waals surface area (Å²) in [5, 5.41) is 5.70. The number of hydrogen-bond acceptors (Lipinski definition) is 5.